The van der Waals surface area contributed by atoms with E-state index in [0.29, 0.717) is 21.9 Å². The predicted molar refractivity (Wildman–Crippen MR) is 117 cm³/mol. The molecule has 0 saturated heterocycles. The first-order chi connectivity index (χ1) is 14.5. The summed E-state index contributed by atoms with van der Waals surface area (Å²) in [4.78, 5) is 6.29. The van der Waals surface area contributed by atoms with Gasteiger partial charge in [-0.15, -0.1) is 0 Å². The molecule has 0 radical (unpaired) electrons. The van der Waals surface area contributed by atoms with Crippen molar-refractivity contribution in [1.82, 2.24) is 4.98 Å². The van der Waals surface area contributed by atoms with Crippen LogP contribution in [0.15, 0.2) is 98.6 Å². The summed E-state index contributed by atoms with van der Waals surface area (Å²) in [5.74, 6) is 1.23. The molecule has 0 aliphatic heterocycles. The molecule has 5 nitrogen and oxygen atoms in total. The molecule has 0 aliphatic carbocycles. The molecule has 7 heteroatoms. The molecular weight excluding hydrogens is 418 g/mol. The third kappa shape index (κ3) is 3.86. The Hall–Kier alpha value is -3.03. The zero-order valence-electron chi connectivity index (χ0n) is 16.4. The molecule has 0 unspecified atom stereocenters. The van der Waals surface area contributed by atoms with Crippen LogP contribution in [-0.2, 0) is 9.84 Å². The number of methoxy groups -OCH3 is 2. The van der Waals surface area contributed by atoms with E-state index in [0.717, 1.165) is 10.3 Å². The van der Waals surface area contributed by atoms with Crippen molar-refractivity contribution in [3.05, 3.63) is 79.0 Å². The van der Waals surface area contributed by atoms with Gasteiger partial charge in [0.05, 0.1) is 24.6 Å². The molecule has 4 aromatic rings. The van der Waals surface area contributed by atoms with Crippen molar-refractivity contribution in [2.75, 3.05) is 14.2 Å². The van der Waals surface area contributed by atoms with E-state index in [4.69, 9.17) is 9.47 Å². The quantitative estimate of drug-likeness (QED) is 0.411. The third-order valence-electron chi connectivity index (χ3n) is 4.62. The second-order valence-corrected chi connectivity index (χ2v) is 9.43. The molecule has 0 bridgehead atoms. The Morgan fingerprint density at radius 3 is 2.17 bits per heavy atom. The normalized spacial score (nSPS) is 11.4. The van der Waals surface area contributed by atoms with Gasteiger partial charge in [0, 0.05) is 21.4 Å². The molecule has 0 atom stereocenters. The lowest BCUT2D eigenvalue weighted by molar-refractivity contribution is 0.414. The number of ether oxygens (including phenoxy) is 2. The number of rotatable bonds is 6. The van der Waals surface area contributed by atoms with Gasteiger partial charge >= 0.3 is 0 Å². The van der Waals surface area contributed by atoms with E-state index >= 15 is 0 Å². The molecule has 3 aromatic carbocycles. The summed E-state index contributed by atoms with van der Waals surface area (Å²) in [5, 5.41) is 0.720. The summed E-state index contributed by atoms with van der Waals surface area (Å²) < 4.78 is 37.5. The van der Waals surface area contributed by atoms with Crippen LogP contribution in [0.5, 0.6) is 11.5 Å². The average Bonchev–Trinajstić information content (AvgIpc) is 2.79. The maximum absolute atomic E-state index is 13.5. The summed E-state index contributed by atoms with van der Waals surface area (Å²) in [5.41, 5.74) is 0.697. The molecule has 4 rings (SSSR count). The Morgan fingerprint density at radius 1 is 0.833 bits per heavy atom. The van der Waals surface area contributed by atoms with Crippen molar-refractivity contribution in [3.8, 4) is 11.5 Å². The van der Waals surface area contributed by atoms with E-state index in [1.165, 1.54) is 18.0 Å². The van der Waals surface area contributed by atoms with Crippen LogP contribution in [0.4, 0.5) is 0 Å². The number of nitrogens with zero attached hydrogens (tertiary/aromatic N) is 1. The van der Waals surface area contributed by atoms with Crippen LogP contribution in [0.25, 0.3) is 10.9 Å². The minimum atomic E-state index is -3.81. The molecule has 0 N–H and O–H groups in total. The largest absolute Gasteiger partial charge is 0.497 e. The number of aromatic nitrogens is 1. The van der Waals surface area contributed by atoms with Gasteiger partial charge in [-0.3, -0.25) is 4.98 Å². The topological polar surface area (TPSA) is 65.5 Å². The lowest BCUT2D eigenvalue weighted by Crippen LogP contribution is -2.05. The monoisotopic (exact) mass is 437 g/mol. The molecule has 0 aliphatic rings. The SMILES string of the molecule is COc1ccc(S(=O)(=O)c2cnc3ccc(OC)cc3c2Sc2ccccc2)cc1. The van der Waals surface area contributed by atoms with Crippen LogP contribution >= 0.6 is 11.8 Å². The Bertz CT molecular complexity index is 1290. The maximum Gasteiger partial charge on any atom is 0.209 e. The standard InChI is InChI=1S/C23H19NO4S2/c1-27-16-8-11-19(12-9-16)30(25,26)22-15-24-21-13-10-17(28-2)14-20(21)23(22)29-18-6-4-3-5-7-18/h3-15H,1-2H3. The fourth-order valence-electron chi connectivity index (χ4n) is 3.04. The number of hydrogen-bond donors (Lipinski definition) is 0. The summed E-state index contributed by atoms with van der Waals surface area (Å²) in [6.07, 6.45) is 1.43. The lowest BCUT2D eigenvalue weighted by Gasteiger charge is -2.14. The van der Waals surface area contributed by atoms with Crippen molar-refractivity contribution in [2.24, 2.45) is 0 Å². The van der Waals surface area contributed by atoms with Gasteiger partial charge < -0.3 is 9.47 Å². The minimum Gasteiger partial charge on any atom is -0.497 e. The zero-order valence-corrected chi connectivity index (χ0v) is 18.0. The van der Waals surface area contributed by atoms with Gasteiger partial charge in [0.1, 0.15) is 16.4 Å². The van der Waals surface area contributed by atoms with Crippen molar-refractivity contribution in [2.45, 2.75) is 19.6 Å². The summed E-state index contributed by atoms with van der Waals surface area (Å²) in [6.45, 7) is 0. The first kappa shape index (κ1) is 20.3. The van der Waals surface area contributed by atoms with Gasteiger partial charge in [-0.1, -0.05) is 30.0 Å². The van der Waals surface area contributed by atoms with Crippen LogP contribution in [0.1, 0.15) is 0 Å². The van der Waals surface area contributed by atoms with E-state index < -0.39 is 9.84 Å². The molecule has 0 saturated carbocycles. The Morgan fingerprint density at radius 2 is 1.50 bits per heavy atom. The van der Waals surface area contributed by atoms with Crippen LogP contribution in [0, 0.1) is 0 Å². The summed E-state index contributed by atoms with van der Waals surface area (Å²) >= 11 is 1.39. The van der Waals surface area contributed by atoms with E-state index in [2.05, 4.69) is 4.98 Å². The molecule has 1 aromatic heterocycles. The second kappa shape index (κ2) is 8.38. The van der Waals surface area contributed by atoms with Gasteiger partial charge in [-0.05, 0) is 54.6 Å². The van der Waals surface area contributed by atoms with Crippen LogP contribution in [-0.4, -0.2) is 27.6 Å². The molecule has 152 valence electrons. The number of pyridine rings is 1. The lowest BCUT2D eigenvalue weighted by atomic mass is 10.2. The fourth-order valence-corrected chi connectivity index (χ4v) is 5.74. The van der Waals surface area contributed by atoms with Crippen molar-refractivity contribution >= 4 is 32.5 Å². The second-order valence-electron chi connectivity index (χ2n) is 6.43. The number of benzene rings is 3. The highest BCUT2D eigenvalue weighted by Gasteiger charge is 2.25. The highest BCUT2D eigenvalue weighted by Crippen LogP contribution is 2.40. The smallest absolute Gasteiger partial charge is 0.209 e. The average molecular weight is 438 g/mol. The molecule has 0 fully saturated rings. The Labute approximate surface area is 179 Å². The van der Waals surface area contributed by atoms with Crippen molar-refractivity contribution in [3.63, 3.8) is 0 Å². The van der Waals surface area contributed by atoms with Crippen LogP contribution in [0.3, 0.4) is 0 Å². The first-order valence-corrected chi connectivity index (χ1v) is 11.4. The highest BCUT2D eigenvalue weighted by molar-refractivity contribution is 8.00. The zero-order chi connectivity index (χ0) is 21.1. The molecule has 1 heterocycles. The van der Waals surface area contributed by atoms with E-state index in [-0.39, 0.29) is 9.79 Å². The van der Waals surface area contributed by atoms with Crippen LogP contribution in [0.2, 0.25) is 0 Å². The van der Waals surface area contributed by atoms with Crippen LogP contribution < -0.4 is 9.47 Å². The first-order valence-electron chi connectivity index (χ1n) is 9.12. The van der Waals surface area contributed by atoms with Gasteiger partial charge in [0.2, 0.25) is 9.84 Å². The number of fused-ring (bicyclic) bond motifs is 1. The molecule has 0 amide bonds. The van der Waals surface area contributed by atoms with Gasteiger partial charge in [-0.2, -0.15) is 0 Å². The van der Waals surface area contributed by atoms with Gasteiger partial charge in [0.15, 0.2) is 0 Å². The van der Waals surface area contributed by atoms with E-state index in [1.54, 1.807) is 38.5 Å². The molecule has 0 spiro atoms. The van der Waals surface area contributed by atoms with Gasteiger partial charge in [-0.25, -0.2) is 8.42 Å². The molecular formula is C23H19NO4S2. The number of hydrogen-bond acceptors (Lipinski definition) is 6. The molecule has 30 heavy (non-hydrogen) atoms. The number of sulfone groups is 1. The van der Waals surface area contributed by atoms with Crippen molar-refractivity contribution in [1.29, 1.82) is 0 Å². The third-order valence-corrected chi connectivity index (χ3v) is 7.68. The van der Waals surface area contributed by atoms with E-state index in [9.17, 15) is 8.42 Å². The summed E-state index contributed by atoms with van der Waals surface area (Å²) in [6, 6.07) is 21.5. The predicted octanol–water partition coefficient (Wildman–Crippen LogP) is 5.24. The van der Waals surface area contributed by atoms with E-state index in [1.807, 2.05) is 48.5 Å². The Balaban J connectivity index is 1.94. The Kier molecular flexibility index (Phi) is 5.65. The van der Waals surface area contributed by atoms with Gasteiger partial charge in [0.25, 0.3) is 0 Å². The fraction of sp³-hybridized carbons (Fsp3) is 0.0870. The minimum absolute atomic E-state index is 0.155. The highest BCUT2D eigenvalue weighted by atomic mass is 32.2. The van der Waals surface area contributed by atoms with Crippen molar-refractivity contribution < 1.29 is 17.9 Å². The summed E-state index contributed by atoms with van der Waals surface area (Å²) in [7, 11) is -0.685. The maximum atomic E-state index is 13.5.